The van der Waals surface area contributed by atoms with Crippen LogP contribution in [-0.4, -0.2) is 47.2 Å². The van der Waals surface area contributed by atoms with Crippen molar-refractivity contribution in [1.29, 1.82) is 0 Å². The van der Waals surface area contributed by atoms with E-state index in [9.17, 15) is 4.79 Å². The standard InChI is InChI=1S/C19H25N5O/c25-19(18-15-12-20-9-8-16(15)22-23-18)21-13-17(24-10-4-5-11-24)14-6-2-1-3-7-14/h1-3,6-7,17,20H,4-5,8-13H2,(H,21,25)(H,22,23). The van der Waals surface area contributed by atoms with Gasteiger partial charge in [-0.25, -0.2) is 0 Å². The second-order valence-corrected chi connectivity index (χ2v) is 6.84. The zero-order valence-corrected chi connectivity index (χ0v) is 14.4. The Morgan fingerprint density at radius 3 is 2.84 bits per heavy atom. The van der Waals surface area contributed by atoms with Crippen LogP contribution in [0.2, 0.25) is 0 Å². The maximum Gasteiger partial charge on any atom is 0.272 e. The molecule has 3 heterocycles. The highest BCUT2D eigenvalue weighted by Crippen LogP contribution is 2.24. The fraction of sp³-hybridized carbons (Fsp3) is 0.474. The highest BCUT2D eigenvalue weighted by atomic mass is 16.1. The van der Waals surface area contributed by atoms with Gasteiger partial charge in [-0.15, -0.1) is 0 Å². The SMILES string of the molecule is O=C(NCC(c1ccccc1)N1CCCC1)c1n[nH]c2c1CNCC2. The molecule has 4 rings (SSSR count). The molecule has 6 heteroatoms. The van der Waals surface area contributed by atoms with Crippen molar-refractivity contribution in [2.24, 2.45) is 0 Å². The summed E-state index contributed by atoms with van der Waals surface area (Å²) in [5, 5.41) is 13.7. The smallest absolute Gasteiger partial charge is 0.272 e. The predicted octanol–water partition coefficient (Wildman–Crippen LogP) is 1.62. The predicted molar refractivity (Wildman–Crippen MR) is 96.3 cm³/mol. The molecule has 2 aliphatic heterocycles. The first-order chi connectivity index (χ1) is 12.3. The molecule has 0 aliphatic carbocycles. The number of H-pyrrole nitrogens is 1. The largest absolute Gasteiger partial charge is 0.349 e. The number of nitrogens with zero attached hydrogens (tertiary/aromatic N) is 2. The van der Waals surface area contributed by atoms with E-state index in [0.29, 0.717) is 18.8 Å². The maximum atomic E-state index is 12.7. The second-order valence-electron chi connectivity index (χ2n) is 6.84. The number of carbonyl (C=O) groups is 1. The number of hydrogen-bond donors (Lipinski definition) is 3. The first kappa shape index (κ1) is 16.3. The molecule has 0 bridgehead atoms. The first-order valence-corrected chi connectivity index (χ1v) is 9.17. The van der Waals surface area contributed by atoms with Gasteiger partial charge in [0.05, 0.1) is 6.04 Å². The van der Waals surface area contributed by atoms with Crippen LogP contribution in [0.15, 0.2) is 30.3 Å². The van der Waals surface area contributed by atoms with Gasteiger partial charge >= 0.3 is 0 Å². The van der Waals surface area contributed by atoms with Crippen molar-refractivity contribution in [2.45, 2.75) is 31.8 Å². The Labute approximate surface area is 148 Å². The summed E-state index contributed by atoms with van der Waals surface area (Å²) in [5.74, 6) is -0.0821. The number of aromatic amines is 1. The Kier molecular flexibility index (Phi) is 4.81. The molecule has 1 aromatic carbocycles. The van der Waals surface area contributed by atoms with Crippen LogP contribution in [0.25, 0.3) is 0 Å². The highest BCUT2D eigenvalue weighted by Gasteiger charge is 2.26. The lowest BCUT2D eigenvalue weighted by Crippen LogP contribution is -2.37. The van der Waals surface area contributed by atoms with Gasteiger partial charge < -0.3 is 10.6 Å². The number of aromatic nitrogens is 2. The van der Waals surface area contributed by atoms with Crippen molar-refractivity contribution in [3.63, 3.8) is 0 Å². The number of benzene rings is 1. The number of nitrogens with one attached hydrogen (secondary N) is 3. The van der Waals surface area contributed by atoms with E-state index >= 15 is 0 Å². The summed E-state index contributed by atoms with van der Waals surface area (Å²) in [5.41, 5.74) is 3.90. The Morgan fingerprint density at radius 1 is 1.24 bits per heavy atom. The molecule has 1 fully saturated rings. The molecule has 1 unspecified atom stereocenters. The summed E-state index contributed by atoms with van der Waals surface area (Å²) in [7, 11) is 0. The van der Waals surface area contributed by atoms with E-state index in [0.717, 1.165) is 37.3 Å². The van der Waals surface area contributed by atoms with Crippen LogP contribution < -0.4 is 10.6 Å². The van der Waals surface area contributed by atoms with Crippen molar-refractivity contribution in [1.82, 2.24) is 25.7 Å². The minimum atomic E-state index is -0.0821. The monoisotopic (exact) mass is 339 g/mol. The van der Waals surface area contributed by atoms with Gasteiger partial charge in [0.15, 0.2) is 5.69 Å². The molecule has 3 N–H and O–H groups in total. The zero-order valence-electron chi connectivity index (χ0n) is 14.4. The van der Waals surface area contributed by atoms with Crippen LogP contribution in [0.1, 0.15) is 46.2 Å². The third-order valence-electron chi connectivity index (χ3n) is 5.24. The summed E-state index contributed by atoms with van der Waals surface area (Å²) in [6.07, 6.45) is 3.36. The number of fused-ring (bicyclic) bond motifs is 1. The molecular formula is C19H25N5O. The van der Waals surface area contributed by atoms with Crippen LogP contribution in [0.5, 0.6) is 0 Å². The van der Waals surface area contributed by atoms with Crippen LogP contribution in [0, 0.1) is 0 Å². The molecule has 132 valence electrons. The van der Waals surface area contributed by atoms with Crippen molar-refractivity contribution in [2.75, 3.05) is 26.2 Å². The molecule has 1 aromatic heterocycles. The second kappa shape index (κ2) is 7.37. The third-order valence-corrected chi connectivity index (χ3v) is 5.24. The van der Waals surface area contributed by atoms with E-state index in [1.807, 2.05) is 6.07 Å². The molecule has 1 atom stereocenters. The molecular weight excluding hydrogens is 314 g/mol. The van der Waals surface area contributed by atoms with E-state index in [-0.39, 0.29) is 11.9 Å². The van der Waals surface area contributed by atoms with Crippen LogP contribution >= 0.6 is 0 Å². The van der Waals surface area contributed by atoms with Crippen molar-refractivity contribution in [3.05, 3.63) is 52.8 Å². The summed E-state index contributed by atoms with van der Waals surface area (Å²) < 4.78 is 0. The van der Waals surface area contributed by atoms with Gasteiger partial charge in [0, 0.05) is 37.3 Å². The van der Waals surface area contributed by atoms with Crippen LogP contribution in [0.4, 0.5) is 0 Å². The first-order valence-electron chi connectivity index (χ1n) is 9.17. The molecule has 6 nitrogen and oxygen atoms in total. The lowest BCUT2D eigenvalue weighted by Gasteiger charge is -2.28. The van der Waals surface area contributed by atoms with E-state index in [2.05, 4.69) is 50.0 Å². The highest BCUT2D eigenvalue weighted by molar-refractivity contribution is 5.94. The van der Waals surface area contributed by atoms with Gasteiger partial charge in [-0.1, -0.05) is 30.3 Å². The van der Waals surface area contributed by atoms with Crippen molar-refractivity contribution >= 4 is 5.91 Å². The fourth-order valence-electron chi connectivity index (χ4n) is 3.87. The summed E-state index contributed by atoms with van der Waals surface area (Å²) in [6.45, 7) is 4.44. The number of likely N-dealkylation sites (tertiary alicyclic amines) is 1. The van der Waals surface area contributed by atoms with E-state index in [4.69, 9.17) is 0 Å². The normalized spacial score (nSPS) is 18.7. The molecule has 25 heavy (non-hydrogen) atoms. The average molecular weight is 339 g/mol. The molecule has 0 spiro atoms. The summed E-state index contributed by atoms with van der Waals surface area (Å²) >= 11 is 0. The number of rotatable bonds is 5. The Morgan fingerprint density at radius 2 is 2.04 bits per heavy atom. The minimum Gasteiger partial charge on any atom is -0.349 e. The Balaban J connectivity index is 1.47. The number of carbonyl (C=O) groups excluding carboxylic acids is 1. The topological polar surface area (TPSA) is 73.0 Å². The third kappa shape index (κ3) is 3.45. The molecule has 1 amide bonds. The minimum absolute atomic E-state index is 0.0821. The fourth-order valence-corrected chi connectivity index (χ4v) is 3.87. The van der Waals surface area contributed by atoms with Gasteiger partial charge in [0.2, 0.25) is 0 Å². The molecule has 0 radical (unpaired) electrons. The summed E-state index contributed by atoms with van der Waals surface area (Å²) in [6, 6.07) is 10.7. The quantitative estimate of drug-likeness (QED) is 0.774. The van der Waals surface area contributed by atoms with Crippen LogP contribution in [0.3, 0.4) is 0 Å². The van der Waals surface area contributed by atoms with Gasteiger partial charge in [-0.2, -0.15) is 5.10 Å². The lowest BCUT2D eigenvalue weighted by atomic mass is 10.0. The zero-order chi connectivity index (χ0) is 17.1. The molecule has 2 aliphatic rings. The van der Waals surface area contributed by atoms with Gasteiger partial charge in [-0.05, 0) is 31.5 Å². The van der Waals surface area contributed by atoms with Crippen LogP contribution in [-0.2, 0) is 13.0 Å². The van der Waals surface area contributed by atoms with E-state index in [1.165, 1.54) is 18.4 Å². The Bertz CT molecular complexity index is 721. The molecule has 0 saturated carbocycles. The molecule has 1 saturated heterocycles. The Hall–Kier alpha value is -2.18. The summed E-state index contributed by atoms with van der Waals surface area (Å²) in [4.78, 5) is 15.2. The van der Waals surface area contributed by atoms with E-state index in [1.54, 1.807) is 0 Å². The van der Waals surface area contributed by atoms with Gasteiger partial charge in [0.1, 0.15) is 0 Å². The lowest BCUT2D eigenvalue weighted by molar-refractivity contribution is 0.0931. The number of amides is 1. The van der Waals surface area contributed by atoms with Crippen molar-refractivity contribution in [3.8, 4) is 0 Å². The number of hydrogen-bond acceptors (Lipinski definition) is 4. The van der Waals surface area contributed by atoms with E-state index < -0.39 is 0 Å². The maximum absolute atomic E-state index is 12.7. The average Bonchev–Trinajstić information content (AvgIpc) is 3.32. The van der Waals surface area contributed by atoms with Crippen molar-refractivity contribution < 1.29 is 4.79 Å². The van der Waals surface area contributed by atoms with Gasteiger partial charge in [0.25, 0.3) is 5.91 Å². The molecule has 2 aromatic rings. The van der Waals surface area contributed by atoms with Gasteiger partial charge in [-0.3, -0.25) is 14.8 Å².